The van der Waals surface area contributed by atoms with Gasteiger partial charge in [0.1, 0.15) is 17.0 Å². The first-order chi connectivity index (χ1) is 7.97. The predicted octanol–water partition coefficient (Wildman–Crippen LogP) is 2.44. The summed E-state index contributed by atoms with van der Waals surface area (Å²) >= 11 is 1.78. The van der Waals surface area contributed by atoms with Crippen molar-refractivity contribution in [2.75, 3.05) is 18.6 Å². The number of ether oxygens (including phenoxy) is 1. The van der Waals surface area contributed by atoms with E-state index in [9.17, 15) is 5.11 Å². The zero-order valence-corrected chi connectivity index (χ0v) is 11.4. The fourth-order valence-corrected chi connectivity index (χ4v) is 3.78. The third-order valence-corrected chi connectivity index (χ3v) is 4.70. The Labute approximate surface area is 107 Å². The van der Waals surface area contributed by atoms with Crippen molar-refractivity contribution in [2.45, 2.75) is 25.9 Å². The van der Waals surface area contributed by atoms with Crippen molar-refractivity contribution in [1.82, 2.24) is 4.98 Å². The maximum atomic E-state index is 10.8. The summed E-state index contributed by atoms with van der Waals surface area (Å²) in [6.45, 7) is 4.36. The molecule has 0 saturated carbocycles. The standard InChI is InChI=1S/C13H19NO2S/c1-12(2)7-13(15,9-17-8-12)11-10(16-3)5-4-6-14-11/h4-6,15H,7-9H2,1-3H3. The van der Waals surface area contributed by atoms with E-state index in [1.165, 1.54) is 0 Å². The highest BCUT2D eigenvalue weighted by Crippen LogP contribution is 2.45. The summed E-state index contributed by atoms with van der Waals surface area (Å²) < 4.78 is 5.30. The SMILES string of the molecule is COc1cccnc1C1(O)CSCC(C)(C)C1. The Morgan fingerprint density at radius 2 is 2.18 bits per heavy atom. The Kier molecular flexibility index (Phi) is 3.36. The summed E-state index contributed by atoms with van der Waals surface area (Å²) in [4.78, 5) is 4.32. The summed E-state index contributed by atoms with van der Waals surface area (Å²) in [7, 11) is 1.62. The minimum absolute atomic E-state index is 0.125. The molecule has 1 unspecified atom stereocenters. The van der Waals surface area contributed by atoms with Gasteiger partial charge in [0.15, 0.2) is 0 Å². The van der Waals surface area contributed by atoms with Gasteiger partial charge in [-0.25, -0.2) is 0 Å². The van der Waals surface area contributed by atoms with Crippen LogP contribution in [0.25, 0.3) is 0 Å². The van der Waals surface area contributed by atoms with Crippen LogP contribution in [0.4, 0.5) is 0 Å². The maximum Gasteiger partial charge on any atom is 0.143 e. The molecule has 0 radical (unpaired) electrons. The molecule has 0 aliphatic carbocycles. The molecule has 2 heterocycles. The molecule has 94 valence electrons. The molecule has 1 aliphatic rings. The first-order valence-corrected chi connectivity index (χ1v) is 6.92. The zero-order valence-electron chi connectivity index (χ0n) is 10.6. The van der Waals surface area contributed by atoms with Crippen LogP contribution in [0, 0.1) is 5.41 Å². The van der Waals surface area contributed by atoms with E-state index in [0.717, 1.165) is 12.2 Å². The number of rotatable bonds is 2. The highest BCUT2D eigenvalue weighted by Gasteiger charge is 2.42. The molecule has 4 heteroatoms. The second-order valence-electron chi connectivity index (χ2n) is 5.42. The van der Waals surface area contributed by atoms with Crippen molar-refractivity contribution in [2.24, 2.45) is 5.41 Å². The van der Waals surface area contributed by atoms with E-state index in [0.29, 0.717) is 17.2 Å². The summed E-state index contributed by atoms with van der Waals surface area (Å²) in [5.74, 6) is 2.43. The number of methoxy groups -OCH3 is 1. The van der Waals surface area contributed by atoms with E-state index in [4.69, 9.17) is 4.74 Å². The number of aliphatic hydroxyl groups is 1. The molecule has 17 heavy (non-hydrogen) atoms. The Hall–Kier alpha value is -0.740. The monoisotopic (exact) mass is 253 g/mol. The van der Waals surface area contributed by atoms with Crippen LogP contribution in [0.2, 0.25) is 0 Å². The fraction of sp³-hybridized carbons (Fsp3) is 0.615. The first-order valence-electron chi connectivity index (χ1n) is 5.76. The highest BCUT2D eigenvalue weighted by molar-refractivity contribution is 7.99. The van der Waals surface area contributed by atoms with E-state index in [1.54, 1.807) is 25.1 Å². The van der Waals surface area contributed by atoms with E-state index in [-0.39, 0.29) is 5.41 Å². The largest absolute Gasteiger partial charge is 0.495 e. The molecule has 1 atom stereocenters. The summed E-state index contributed by atoms with van der Waals surface area (Å²) in [6.07, 6.45) is 2.43. The van der Waals surface area contributed by atoms with Crippen LogP contribution >= 0.6 is 11.8 Å². The number of pyridine rings is 1. The molecule has 2 rings (SSSR count). The molecule has 0 spiro atoms. The lowest BCUT2D eigenvalue weighted by molar-refractivity contribution is 0.00959. The van der Waals surface area contributed by atoms with Crippen molar-refractivity contribution in [3.8, 4) is 5.75 Å². The Balaban J connectivity index is 2.37. The number of hydrogen-bond donors (Lipinski definition) is 1. The third-order valence-electron chi connectivity index (χ3n) is 3.04. The van der Waals surface area contributed by atoms with Crippen molar-refractivity contribution < 1.29 is 9.84 Å². The molecule has 1 fully saturated rings. The summed E-state index contributed by atoms with van der Waals surface area (Å²) in [5, 5.41) is 10.8. The van der Waals surface area contributed by atoms with Gasteiger partial charge in [0.25, 0.3) is 0 Å². The average Bonchev–Trinajstić information content (AvgIpc) is 2.27. The van der Waals surface area contributed by atoms with Crippen LogP contribution in [-0.2, 0) is 5.60 Å². The lowest BCUT2D eigenvalue weighted by atomic mass is 9.80. The number of aromatic nitrogens is 1. The van der Waals surface area contributed by atoms with Gasteiger partial charge in [-0.3, -0.25) is 4.98 Å². The minimum atomic E-state index is -0.876. The molecule has 1 N–H and O–H groups in total. The van der Waals surface area contributed by atoms with Crippen molar-refractivity contribution >= 4 is 11.8 Å². The highest BCUT2D eigenvalue weighted by atomic mass is 32.2. The van der Waals surface area contributed by atoms with E-state index < -0.39 is 5.60 Å². The van der Waals surface area contributed by atoms with Crippen LogP contribution in [0.15, 0.2) is 18.3 Å². The second kappa shape index (κ2) is 4.50. The fourth-order valence-electron chi connectivity index (χ4n) is 2.45. The Morgan fingerprint density at radius 3 is 2.82 bits per heavy atom. The van der Waals surface area contributed by atoms with E-state index in [2.05, 4.69) is 18.8 Å². The van der Waals surface area contributed by atoms with Gasteiger partial charge in [0.05, 0.1) is 7.11 Å². The number of nitrogens with zero attached hydrogens (tertiary/aromatic N) is 1. The maximum absolute atomic E-state index is 10.8. The molecule has 3 nitrogen and oxygen atoms in total. The molecule has 0 aromatic carbocycles. The van der Waals surface area contributed by atoms with Crippen molar-refractivity contribution in [3.63, 3.8) is 0 Å². The molecule has 0 amide bonds. The molecule has 1 aromatic rings. The third kappa shape index (κ3) is 2.58. The molecular formula is C13H19NO2S. The Bertz CT molecular complexity index is 408. The average molecular weight is 253 g/mol. The van der Waals surface area contributed by atoms with Gasteiger partial charge in [0.2, 0.25) is 0 Å². The van der Waals surface area contributed by atoms with Gasteiger partial charge < -0.3 is 9.84 Å². The number of thioether (sulfide) groups is 1. The van der Waals surface area contributed by atoms with Crippen LogP contribution in [0.1, 0.15) is 26.0 Å². The summed E-state index contributed by atoms with van der Waals surface area (Å²) in [6, 6.07) is 3.68. The molecule has 1 aliphatic heterocycles. The minimum Gasteiger partial charge on any atom is -0.495 e. The van der Waals surface area contributed by atoms with Crippen LogP contribution < -0.4 is 4.74 Å². The number of hydrogen-bond acceptors (Lipinski definition) is 4. The van der Waals surface area contributed by atoms with Crippen molar-refractivity contribution in [3.05, 3.63) is 24.0 Å². The molecule has 0 bridgehead atoms. The topological polar surface area (TPSA) is 42.4 Å². The van der Waals surface area contributed by atoms with Crippen LogP contribution in [-0.4, -0.2) is 28.7 Å². The lowest BCUT2D eigenvalue weighted by Crippen LogP contribution is -2.41. The quantitative estimate of drug-likeness (QED) is 0.879. The Morgan fingerprint density at radius 1 is 1.41 bits per heavy atom. The van der Waals surface area contributed by atoms with Gasteiger partial charge in [0, 0.05) is 11.9 Å². The van der Waals surface area contributed by atoms with Gasteiger partial charge in [-0.1, -0.05) is 13.8 Å². The molecular weight excluding hydrogens is 234 g/mol. The van der Waals surface area contributed by atoms with E-state index in [1.807, 2.05) is 12.1 Å². The van der Waals surface area contributed by atoms with Crippen LogP contribution in [0.5, 0.6) is 5.75 Å². The summed E-state index contributed by atoms with van der Waals surface area (Å²) in [5.41, 5.74) is -0.0815. The van der Waals surface area contributed by atoms with E-state index >= 15 is 0 Å². The smallest absolute Gasteiger partial charge is 0.143 e. The van der Waals surface area contributed by atoms with Gasteiger partial charge >= 0.3 is 0 Å². The predicted molar refractivity (Wildman–Crippen MR) is 70.4 cm³/mol. The second-order valence-corrected chi connectivity index (χ2v) is 6.41. The molecule has 1 saturated heterocycles. The van der Waals surface area contributed by atoms with Crippen LogP contribution in [0.3, 0.4) is 0 Å². The van der Waals surface area contributed by atoms with Gasteiger partial charge in [-0.2, -0.15) is 11.8 Å². The van der Waals surface area contributed by atoms with Crippen molar-refractivity contribution in [1.29, 1.82) is 0 Å². The zero-order chi connectivity index (χ0) is 12.5. The lowest BCUT2D eigenvalue weighted by Gasteiger charge is -2.40. The van der Waals surface area contributed by atoms with Gasteiger partial charge in [-0.15, -0.1) is 0 Å². The van der Waals surface area contributed by atoms with Gasteiger partial charge in [-0.05, 0) is 29.7 Å². The molecule has 1 aromatic heterocycles. The first kappa shape index (κ1) is 12.7. The normalized spacial score (nSPS) is 27.8.